The minimum absolute atomic E-state index is 0.130. The molecule has 0 spiro atoms. The van der Waals surface area contributed by atoms with Crippen LogP contribution in [0.5, 0.6) is 23.0 Å². The molecule has 6 nitrogen and oxygen atoms in total. The average molecular weight is 525 g/mol. The van der Waals surface area contributed by atoms with Crippen molar-refractivity contribution in [3.8, 4) is 23.0 Å². The smallest absolute Gasteiger partial charge is 0.161 e. The Bertz CT molecular complexity index is 1060. The van der Waals surface area contributed by atoms with E-state index >= 15 is 0 Å². The summed E-state index contributed by atoms with van der Waals surface area (Å²) in [5.41, 5.74) is 3.77. The van der Waals surface area contributed by atoms with E-state index in [1.165, 1.54) is 0 Å². The highest BCUT2D eigenvalue weighted by Gasteiger charge is 2.35. The molecule has 3 rings (SSSR count). The number of carbonyl (C=O) groups excluding carboxylic acids is 1. The van der Waals surface area contributed by atoms with Crippen LogP contribution in [0.1, 0.15) is 81.9 Å². The summed E-state index contributed by atoms with van der Waals surface area (Å²) in [4.78, 5) is 12.3. The van der Waals surface area contributed by atoms with Crippen molar-refractivity contribution >= 4 is 12.4 Å². The molecule has 0 heterocycles. The lowest BCUT2D eigenvalue weighted by atomic mass is 9.72. The standard InChI is InChI=1S/C32H44O6/c1-6-9-14-36-22-27-25(21-33)17-24-19-30(35-5)31(38-16-11-8-3)20-26(24)32(27)23-12-13-28(29(18-23)34-4)37-15-10-7-2/h12-13,17-21,27,32H,6-11,14-16,22H2,1-5H3. The van der Waals surface area contributed by atoms with Crippen molar-refractivity contribution in [3.05, 3.63) is 52.6 Å². The Labute approximate surface area is 228 Å². The molecule has 0 N–H and O–H groups in total. The third kappa shape index (κ3) is 7.31. The van der Waals surface area contributed by atoms with Gasteiger partial charge in [0.05, 0.1) is 34.0 Å². The van der Waals surface area contributed by atoms with Gasteiger partial charge in [-0.05, 0) is 71.9 Å². The fourth-order valence-electron chi connectivity index (χ4n) is 4.79. The lowest BCUT2D eigenvalue weighted by molar-refractivity contribution is -0.105. The molecule has 0 saturated heterocycles. The third-order valence-electron chi connectivity index (χ3n) is 6.99. The quantitative estimate of drug-likeness (QED) is 0.161. The average Bonchev–Trinajstić information content (AvgIpc) is 2.94. The van der Waals surface area contributed by atoms with E-state index in [2.05, 4.69) is 32.9 Å². The molecule has 0 saturated carbocycles. The van der Waals surface area contributed by atoms with Crippen LogP contribution in [0.3, 0.4) is 0 Å². The van der Waals surface area contributed by atoms with Gasteiger partial charge in [0.1, 0.15) is 6.29 Å². The van der Waals surface area contributed by atoms with Gasteiger partial charge >= 0.3 is 0 Å². The first-order valence-corrected chi connectivity index (χ1v) is 14.0. The van der Waals surface area contributed by atoms with Crippen LogP contribution in [0, 0.1) is 5.92 Å². The molecule has 2 aromatic rings. The van der Waals surface area contributed by atoms with Crippen LogP contribution in [-0.4, -0.2) is 46.9 Å². The predicted octanol–water partition coefficient (Wildman–Crippen LogP) is 7.22. The number of aldehydes is 1. The molecule has 0 aromatic heterocycles. The number of carbonyl (C=O) groups is 1. The molecule has 38 heavy (non-hydrogen) atoms. The number of methoxy groups -OCH3 is 2. The van der Waals surface area contributed by atoms with Crippen molar-refractivity contribution in [2.75, 3.05) is 40.6 Å². The van der Waals surface area contributed by atoms with Gasteiger partial charge in [-0.3, -0.25) is 4.79 Å². The van der Waals surface area contributed by atoms with E-state index in [4.69, 9.17) is 23.7 Å². The zero-order valence-electron chi connectivity index (χ0n) is 23.7. The molecule has 1 aliphatic carbocycles. The summed E-state index contributed by atoms with van der Waals surface area (Å²) in [7, 11) is 3.30. The maximum atomic E-state index is 12.3. The Hall–Kier alpha value is -2.99. The number of hydrogen-bond donors (Lipinski definition) is 0. The van der Waals surface area contributed by atoms with Gasteiger partial charge in [-0.1, -0.05) is 46.1 Å². The van der Waals surface area contributed by atoms with Crippen LogP contribution >= 0.6 is 0 Å². The van der Waals surface area contributed by atoms with Gasteiger partial charge in [-0.25, -0.2) is 0 Å². The van der Waals surface area contributed by atoms with E-state index in [0.717, 1.165) is 67.3 Å². The van der Waals surface area contributed by atoms with Crippen LogP contribution < -0.4 is 18.9 Å². The maximum Gasteiger partial charge on any atom is 0.161 e. The monoisotopic (exact) mass is 524 g/mol. The van der Waals surface area contributed by atoms with Gasteiger partial charge in [-0.15, -0.1) is 0 Å². The van der Waals surface area contributed by atoms with Gasteiger partial charge in [0.25, 0.3) is 0 Å². The van der Waals surface area contributed by atoms with Crippen LogP contribution in [-0.2, 0) is 9.53 Å². The van der Waals surface area contributed by atoms with Crippen LogP contribution in [0.15, 0.2) is 35.9 Å². The topological polar surface area (TPSA) is 63.2 Å². The summed E-state index contributed by atoms with van der Waals surface area (Å²) >= 11 is 0. The molecule has 6 heteroatoms. The molecular weight excluding hydrogens is 480 g/mol. The van der Waals surface area contributed by atoms with Crippen molar-refractivity contribution in [1.29, 1.82) is 0 Å². The number of fused-ring (bicyclic) bond motifs is 1. The fraction of sp³-hybridized carbons (Fsp3) is 0.531. The molecule has 0 bridgehead atoms. The molecule has 2 unspecified atom stereocenters. The van der Waals surface area contributed by atoms with Gasteiger partial charge in [0, 0.05) is 18.4 Å². The normalized spacial score (nSPS) is 16.4. The Balaban J connectivity index is 2.10. The SMILES string of the molecule is CCCCOCC1C(C=O)=Cc2cc(OC)c(OCCCC)cc2C1c1ccc(OCCCC)c(OC)c1. The summed E-state index contributed by atoms with van der Waals surface area (Å²) in [5.74, 6) is 2.50. The minimum atomic E-state index is -0.148. The van der Waals surface area contributed by atoms with Gasteiger partial charge in [0.15, 0.2) is 23.0 Å². The van der Waals surface area contributed by atoms with Crippen molar-refractivity contribution in [2.24, 2.45) is 5.92 Å². The Morgan fingerprint density at radius 2 is 1.39 bits per heavy atom. The molecule has 0 fully saturated rings. The van der Waals surface area contributed by atoms with E-state index < -0.39 is 0 Å². The summed E-state index contributed by atoms with van der Waals surface area (Å²) in [5, 5.41) is 0. The zero-order valence-corrected chi connectivity index (χ0v) is 23.7. The van der Waals surface area contributed by atoms with Crippen molar-refractivity contribution in [3.63, 3.8) is 0 Å². The van der Waals surface area contributed by atoms with Gasteiger partial charge < -0.3 is 23.7 Å². The molecular formula is C32H44O6. The van der Waals surface area contributed by atoms with Gasteiger partial charge in [0.2, 0.25) is 0 Å². The Morgan fingerprint density at radius 1 is 0.763 bits per heavy atom. The second-order valence-corrected chi connectivity index (χ2v) is 9.72. The number of benzene rings is 2. The lowest BCUT2D eigenvalue weighted by Crippen LogP contribution is -2.26. The summed E-state index contributed by atoms with van der Waals surface area (Å²) in [6.07, 6.45) is 9.01. The van der Waals surface area contributed by atoms with E-state index in [-0.39, 0.29) is 11.8 Å². The first-order valence-electron chi connectivity index (χ1n) is 14.0. The second kappa shape index (κ2) is 15.4. The summed E-state index contributed by atoms with van der Waals surface area (Å²) < 4.78 is 29.6. The largest absolute Gasteiger partial charge is 0.493 e. The van der Waals surface area contributed by atoms with Gasteiger partial charge in [-0.2, -0.15) is 0 Å². The molecule has 2 atom stereocenters. The fourth-order valence-corrected chi connectivity index (χ4v) is 4.79. The first-order chi connectivity index (χ1) is 18.6. The highest BCUT2D eigenvalue weighted by Crippen LogP contribution is 2.47. The molecule has 1 aliphatic rings. The predicted molar refractivity (Wildman–Crippen MR) is 152 cm³/mol. The number of ether oxygens (including phenoxy) is 5. The Kier molecular flexibility index (Phi) is 12.0. The van der Waals surface area contributed by atoms with Crippen molar-refractivity contribution in [2.45, 2.75) is 65.2 Å². The van der Waals surface area contributed by atoms with Crippen LogP contribution in [0.25, 0.3) is 6.08 Å². The van der Waals surface area contributed by atoms with E-state index in [0.29, 0.717) is 49.2 Å². The second-order valence-electron chi connectivity index (χ2n) is 9.72. The number of unbranched alkanes of at least 4 members (excludes halogenated alkanes) is 3. The molecule has 208 valence electrons. The van der Waals surface area contributed by atoms with E-state index in [1.54, 1.807) is 14.2 Å². The van der Waals surface area contributed by atoms with Crippen LogP contribution in [0.2, 0.25) is 0 Å². The highest BCUT2D eigenvalue weighted by molar-refractivity contribution is 5.86. The molecule has 0 aliphatic heterocycles. The number of hydrogen-bond acceptors (Lipinski definition) is 6. The molecule has 2 aromatic carbocycles. The van der Waals surface area contributed by atoms with Crippen molar-refractivity contribution in [1.82, 2.24) is 0 Å². The number of rotatable bonds is 17. The first kappa shape index (κ1) is 29.6. The minimum Gasteiger partial charge on any atom is -0.493 e. The summed E-state index contributed by atoms with van der Waals surface area (Å²) in [6.45, 7) is 8.80. The maximum absolute atomic E-state index is 12.3. The zero-order chi connectivity index (χ0) is 27.3. The Morgan fingerprint density at radius 3 is 2.03 bits per heavy atom. The van der Waals surface area contributed by atoms with E-state index in [9.17, 15) is 4.79 Å². The van der Waals surface area contributed by atoms with Crippen molar-refractivity contribution < 1.29 is 28.5 Å². The summed E-state index contributed by atoms with van der Waals surface area (Å²) in [6, 6.07) is 10.1. The molecule has 0 radical (unpaired) electrons. The van der Waals surface area contributed by atoms with Crippen LogP contribution in [0.4, 0.5) is 0 Å². The third-order valence-corrected chi connectivity index (χ3v) is 6.99. The molecule has 0 amide bonds. The van der Waals surface area contributed by atoms with E-state index in [1.807, 2.05) is 24.3 Å². The highest BCUT2D eigenvalue weighted by atomic mass is 16.5. The lowest BCUT2D eigenvalue weighted by Gasteiger charge is -2.34.